The van der Waals surface area contributed by atoms with Crippen LogP contribution in [0.3, 0.4) is 0 Å². The van der Waals surface area contributed by atoms with Gasteiger partial charge in [0, 0.05) is 34.9 Å². The van der Waals surface area contributed by atoms with E-state index in [1.807, 2.05) is 25.1 Å². The van der Waals surface area contributed by atoms with Gasteiger partial charge in [0.25, 0.3) is 0 Å². The van der Waals surface area contributed by atoms with Crippen molar-refractivity contribution >= 4 is 34.8 Å². The minimum Gasteiger partial charge on any atom is -0.326 e. The van der Waals surface area contributed by atoms with E-state index < -0.39 is 10.8 Å². The van der Waals surface area contributed by atoms with Crippen molar-refractivity contribution in [2.75, 3.05) is 24.7 Å². The van der Waals surface area contributed by atoms with Crippen LogP contribution >= 0.6 is 12.4 Å². The van der Waals surface area contributed by atoms with Crippen LogP contribution in [0.5, 0.6) is 0 Å². The highest BCUT2D eigenvalue weighted by atomic mass is 35.5. The number of nitrogens with one attached hydrogen (secondary N) is 2. The van der Waals surface area contributed by atoms with Gasteiger partial charge in [-0.2, -0.15) is 0 Å². The number of anilines is 1. The molecule has 6 heteroatoms. The average Bonchev–Trinajstić information content (AvgIpc) is 2.50. The minimum absolute atomic E-state index is 0. The molecule has 130 valence electrons. The SMILES string of the molecule is Cc1c(CS(C)=O)cccc1NC(=O)CCC1CCNCC1.Cl. The van der Waals surface area contributed by atoms with E-state index in [2.05, 4.69) is 10.6 Å². The Labute approximate surface area is 147 Å². The average molecular weight is 359 g/mol. The lowest BCUT2D eigenvalue weighted by atomic mass is 9.93. The molecule has 0 aliphatic carbocycles. The van der Waals surface area contributed by atoms with Crippen LogP contribution in [0.2, 0.25) is 0 Å². The monoisotopic (exact) mass is 358 g/mol. The Morgan fingerprint density at radius 2 is 2.04 bits per heavy atom. The number of benzene rings is 1. The van der Waals surface area contributed by atoms with Gasteiger partial charge >= 0.3 is 0 Å². The second-order valence-electron chi connectivity index (χ2n) is 6.09. The Balaban J connectivity index is 0.00000264. The number of rotatable bonds is 6. The van der Waals surface area contributed by atoms with Crippen molar-refractivity contribution in [3.63, 3.8) is 0 Å². The molecule has 0 spiro atoms. The Morgan fingerprint density at radius 1 is 1.35 bits per heavy atom. The quantitative estimate of drug-likeness (QED) is 0.821. The lowest BCUT2D eigenvalue weighted by Crippen LogP contribution is -2.28. The molecule has 1 fully saturated rings. The zero-order chi connectivity index (χ0) is 15.9. The normalized spacial score (nSPS) is 16.4. The molecular weight excluding hydrogens is 332 g/mol. The van der Waals surface area contributed by atoms with Crippen LogP contribution in [-0.4, -0.2) is 29.5 Å². The van der Waals surface area contributed by atoms with Gasteiger partial charge in [-0.1, -0.05) is 12.1 Å². The first-order chi connectivity index (χ1) is 10.6. The highest BCUT2D eigenvalue weighted by molar-refractivity contribution is 7.83. The largest absolute Gasteiger partial charge is 0.326 e. The third-order valence-corrected chi connectivity index (χ3v) is 5.03. The molecule has 2 rings (SSSR count). The summed E-state index contributed by atoms with van der Waals surface area (Å²) in [5.41, 5.74) is 2.91. The summed E-state index contributed by atoms with van der Waals surface area (Å²) >= 11 is 0. The molecule has 4 nitrogen and oxygen atoms in total. The number of carbonyl (C=O) groups is 1. The van der Waals surface area contributed by atoms with E-state index in [-0.39, 0.29) is 18.3 Å². The first kappa shape index (κ1) is 20.1. The minimum atomic E-state index is -0.873. The molecule has 1 amide bonds. The lowest BCUT2D eigenvalue weighted by molar-refractivity contribution is -0.116. The molecule has 1 atom stereocenters. The van der Waals surface area contributed by atoms with Crippen molar-refractivity contribution in [2.45, 2.75) is 38.4 Å². The van der Waals surface area contributed by atoms with Gasteiger partial charge < -0.3 is 10.6 Å². The molecule has 0 saturated carbocycles. The summed E-state index contributed by atoms with van der Waals surface area (Å²) < 4.78 is 11.4. The smallest absolute Gasteiger partial charge is 0.224 e. The Hall–Kier alpha value is -0.910. The molecule has 1 aliphatic heterocycles. The number of hydrogen-bond donors (Lipinski definition) is 2. The van der Waals surface area contributed by atoms with E-state index in [0.29, 0.717) is 18.1 Å². The van der Waals surface area contributed by atoms with Gasteiger partial charge in [-0.3, -0.25) is 9.00 Å². The molecule has 0 aromatic heterocycles. The zero-order valence-corrected chi connectivity index (χ0v) is 15.5. The van der Waals surface area contributed by atoms with Crippen LogP contribution in [0.1, 0.15) is 36.8 Å². The van der Waals surface area contributed by atoms with Crippen LogP contribution in [0.25, 0.3) is 0 Å². The van der Waals surface area contributed by atoms with Crippen molar-refractivity contribution in [2.24, 2.45) is 5.92 Å². The van der Waals surface area contributed by atoms with E-state index >= 15 is 0 Å². The van der Waals surface area contributed by atoms with Gasteiger partial charge in [-0.05, 0) is 62.4 Å². The number of hydrogen-bond acceptors (Lipinski definition) is 3. The fraction of sp³-hybridized carbons (Fsp3) is 0.588. The van der Waals surface area contributed by atoms with Crippen molar-refractivity contribution in [3.8, 4) is 0 Å². The second-order valence-corrected chi connectivity index (χ2v) is 7.52. The lowest BCUT2D eigenvalue weighted by Gasteiger charge is -2.22. The zero-order valence-electron chi connectivity index (χ0n) is 13.9. The summed E-state index contributed by atoms with van der Waals surface area (Å²) in [5, 5.41) is 6.36. The number of halogens is 1. The van der Waals surface area contributed by atoms with Gasteiger partial charge in [0.05, 0.1) is 0 Å². The summed E-state index contributed by atoms with van der Waals surface area (Å²) in [6, 6.07) is 5.80. The number of amides is 1. The molecule has 1 saturated heterocycles. The van der Waals surface area contributed by atoms with Crippen LogP contribution in [0, 0.1) is 12.8 Å². The van der Waals surface area contributed by atoms with Crippen LogP contribution < -0.4 is 10.6 Å². The number of piperidine rings is 1. The topological polar surface area (TPSA) is 58.2 Å². The third kappa shape index (κ3) is 6.61. The maximum absolute atomic E-state index is 12.2. The molecule has 1 unspecified atom stereocenters. The van der Waals surface area contributed by atoms with E-state index in [1.165, 1.54) is 12.8 Å². The summed E-state index contributed by atoms with van der Waals surface area (Å²) in [4.78, 5) is 12.2. The van der Waals surface area contributed by atoms with Gasteiger partial charge in [0.1, 0.15) is 0 Å². The van der Waals surface area contributed by atoms with Crippen molar-refractivity contribution in [1.82, 2.24) is 5.32 Å². The van der Waals surface area contributed by atoms with Crippen molar-refractivity contribution < 1.29 is 9.00 Å². The summed E-state index contributed by atoms with van der Waals surface area (Å²) in [6.07, 6.45) is 5.58. The highest BCUT2D eigenvalue weighted by Crippen LogP contribution is 2.22. The van der Waals surface area contributed by atoms with Crippen molar-refractivity contribution in [3.05, 3.63) is 29.3 Å². The molecule has 1 aliphatic rings. The fourth-order valence-electron chi connectivity index (χ4n) is 2.91. The molecule has 1 heterocycles. The second kappa shape index (κ2) is 10.1. The van der Waals surface area contributed by atoms with E-state index in [0.717, 1.165) is 36.3 Å². The summed E-state index contributed by atoms with van der Waals surface area (Å²) in [5.74, 6) is 1.28. The van der Waals surface area contributed by atoms with Gasteiger partial charge in [-0.15, -0.1) is 12.4 Å². The van der Waals surface area contributed by atoms with Crippen LogP contribution in [0.15, 0.2) is 18.2 Å². The molecule has 2 N–H and O–H groups in total. The molecule has 1 aromatic carbocycles. The molecular formula is C17H27ClN2O2S. The summed E-state index contributed by atoms with van der Waals surface area (Å²) in [7, 11) is -0.873. The van der Waals surface area contributed by atoms with Crippen LogP contribution in [-0.2, 0) is 21.3 Å². The Kier molecular flexibility index (Phi) is 8.81. The molecule has 0 radical (unpaired) electrons. The van der Waals surface area contributed by atoms with E-state index in [1.54, 1.807) is 6.26 Å². The first-order valence-electron chi connectivity index (χ1n) is 7.95. The molecule has 23 heavy (non-hydrogen) atoms. The molecule has 0 bridgehead atoms. The van der Waals surface area contributed by atoms with E-state index in [4.69, 9.17) is 0 Å². The Morgan fingerprint density at radius 3 is 2.70 bits per heavy atom. The fourth-order valence-corrected chi connectivity index (χ4v) is 3.66. The summed E-state index contributed by atoms with van der Waals surface area (Å²) in [6.45, 7) is 4.12. The van der Waals surface area contributed by atoms with Gasteiger partial charge in [0.2, 0.25) is 5.91 Å². The predicted molar refractivity (Wildman–Crippen MR) is 99.7 cm³/mol. The molecule has 1 aromatic rings. The van der Waals surface area contributed by atoms with Crippen LogP contribution in [0.4, 0.5) is 5.69 Å². The van der Waals surface area contributed by atoms with Crippen molar-refractivity contribution in [1.29, 1.82) is 0 Å². The van der Waals surface area contributed by atoms with Gasteiger partial charge in [0.15, 0.2) is 0 Å². The number of carbonyl (C=O) groups excluding carboxylic acids is 1. The Bertz CT molecular complexity index is 545. The first-order valence-corrected chi connectivity index (χ1v) is 9.68. The predicted octanol–water partition coefficient (Wildman–Crippen LogP) is 3.01. The standard InChI is InChI=1S/C17H26N2O2S.ClH/c1-13-15(12-22(2)21)4-3-5-16(13)19-17(20)7-6-14-8-10-18-11-9-14;/h3-5,14,18H,6-12H2,1-2H3,(H,19,20);1H. The van der Waals surface area contributed by atoms with E-state index in [9.17, 15) is 9.00 Å². The maximum Gasteiger partial charge on any atom is 0.224 e. The third-order valence-electron chi connectivity index (χ3n) is 4.32. The maximum atomic E-state index is 12.2. The highest BCUT2D eigenvalue weighted by Gasteiger charge is 2.15. The van der Waals surface area contributed by atoms with Gasteiger partial charge in [-0.25, -0.2) is 0 Å².